The van der Waals surface area contributed by atoms with Gasteiger partial charge in [-0.2, -0.15) is 15.0 Å². The number of nitrogens with zero attached hydrogens (tertiary/aromatic N) is 16. The van der Waals surface area contributed by atoms with Crippen molar-refractivity contribution in [2.45, 2.75) is 222 Å². The van der Waals surface area contributed by atoms with Crippen LogP contribution in [0.1, 0.15) is 130 Å². The van der Waals surface area contributed by atoms with Gasteiger partial charge < -0.3 is 145 Å². The largest absolute Gasteiger partial charge is 0.386 e. The number of fused-ring (bicyclic) bond motifs is 2. The Balaban J connectivity index is 0.605. The monoisotopic (exact) mass is 2290 g/mol. The molecule has 16 rings (SSSR count). The summed E-state index contributed by atoms with van der Waals surface area (Å²) in [5.41, 5.74) is 26.5. The summed E-state index contributed by atoms with van der Waals surface area (Å²) in [5, 5.41) is 0. The first-order valence-electron chi connectivity index (χ1n) is 43.4. The third kappa shape index (κ3) is 25.9. The third-order valence-electron chi connectivity index (χ3n) is 23.9. The molecule has 7 saturated heterocycles. The summed E-state index contributed by atoms with van der Waals surface area (Å²) in [5.74, 6) is -0.123. The van der Waals surface area contributed by atoms with Crippen molar-refractivity contribution in [3.8, 4) is 0 Å². The average Bonchev–Trinajstić information content (AvgIpc) is 1.62. The average molecular weight is 2290 g/mol. The molecule has 0 aromatic carbocycles. The number of aromatic nitrogens is 18. The maximum atomic E-state index is 14.8. The molecule has 7 fully saturated rings. The van der Waals surface area contributed by atoms with Crippen LogP contribution in [0.25, 0.3) is 22.3 Å². The van der Waals surface area contributed by atoms with E-state index in [0.717, 1.165) is 31.7 Å². The number of rotatable bonds is 41. The maximum Gasteiger partial charge on any atom is 0.386 e. The Kier molecular flexibility index (Phi) is 34.0. The molecule has 7 aliphatic heterocycles. The van der Waals surface area contributed by atoms with E-state index < -0.39 is 262 Å². The first-order chi connectivity index (χ1) is 67.8. The van der Waals surface area contributed by atoms with Gasteiger partial charge in [0.2, 0.25) is 0 Å². The number of ether oxygens (including phenoxy) is 7. The Hall–Kier alpha value is -6.50. The van der Waals surface area contributed by atoms with Crippen LogP contribution in [-0.4, -0.2) is 248 Å². The molecule has 7 aliphatic rings. The molecule has 16 heterocycles. The van der Waals surface area contributed by atoms with E-state index in [0.29, 0.717) is 23.1 Å². The zero-order valence-corrected chi connectivity index (χ0v) is 88.4. The second-order valence-electron chi connectivity index (χ2n) is 33.8. The van der Waals surface area contributed by atoms with Gasteiger partial charge in [0.25, 0.3) is 11.1 Å². The fourth-order valence-corrected chi connectivity index (χ4v) is 26.6. The Morgan fingerprint density at radius 1 is 0.361 bits per heavy atom. The minimum Gasteiger partial charge on any atom is -0.383 e. The molecule has 788 valence electrons. The summed E-state index contributed by atoms with van der Waals surface area (Å²) in [6.45, 7) is -26.7. The minimum atomic E-state index is -4.77. The fraction of sp³-hybridized carbons (Fsp3) is 0.583. The van der Waals surface area contributed by atoms with Crippen LogP contribution in [0.2, 0.25) is 0 Å². The van der Waals surface area contributed by atoms with Gasteiger partial charge in [0.15, 0.2) is 22.9 Å². The summed E-state index contributed by atoms with van der Waals surface area (Å²) in [6.07, 6.45) is -16.3. The highest BCUT2D eigenvalue weighted by atomic mass is 32.7. The molecule has 0 aliphatic carbocycles. The van der Waals surface area contributed by atoms with E-state index in [4.69, 9.17) is 196 Å². The standard InChI is InChI=1S/C72H98N23O35P7S7/c1-8-36-37(9-50(117-36)89-16-31(2)59(73)84-68(89)98)125-132(104,139)111-22-45-39(10-51(118-45)90-17-32(3)60(74)85-69(90)99)126-134(106,141)113-23-46-40(11-52(119-46)91-18-33(4)61(75)86-70(91)100)127-136(108,143)116-26-49-43(15-56(123-49)95-30-83-58-63(77)79-28-81-65(58)95)130-137(109,144)115-25-48-42(13-54(121-48)93-20-35(6)67(97)88-72(93)102)129-135(107,142)114-24-47-41(12-53(120-47)92-19-34(5)66(96)87-71(92)101)128-133(105,140)112-21-44-38(124-131(103,138)110-7)14-55(122-44)94-29-82-57-62(76)78-27-80-64(57)94/h16-20,27-30,36-56H,8-15,21-26H2,1-7H3,(H,103,138)(H,104,139)(H,105,140)(H,106,141)(H,107,142)(H,108,143)(H,109,144)(H2,73,84,98)(H2,74,85,99)(H2,75,86,100)(H2,76,78,80)(H2,77,79,81)(H,87,96,101)(H,88,97,102)/t36-,37?,38?,39?,40?,41?,42?,43?,44-,45-,46-,47-,48-,49-,50-,51-,52-,53-,54-,55-,56-,131?,132?,133?,134?,135?,136?,137?/m1/s1. The van der Waals surface area contributed by atoms with E-state index in [2.05, 4.69) is 67.1 Å². The molecule has 18 N–H and O–H groups in total. The van der Waals surface area contributed by atoms with Crippen molar-refractivity contribution < 1.29 is 130 Å². The summed E-state index contributed by atoms with van der Waals surface area (Å²) in [7, 11) is 1.14. The maximum absolute atomic E-state index is 14.8. The fourth-order valence-electron chi connectivity index (χ4n) is 16.7. The van der Waals surface area contributed by atoms with Crippen LogP contribution < -0.4 is 68.2 Å². The molecule has 9 aromatic rings. The van der Waals surface area contributed by atoms with Gasteiger partial charge >= 0.3 is 75.6 Å². The lowest BCUT2D eigenvalue weighted by atomic mass is 10.1. The molecular weight excluding hydrogens is 2190 g/mol. The highest BCUT2D eigenvalue weighted by molar-refractivity contribution is 8.44. The number of aromatic amines is 2. The number of H-pyrrole nitrogens is 2. The number of nitrogens with two attached hydrogens (primary N) is 5. The molecular formula is C72H98N23O35P7S7. The second-order valence-corrected chi connectivity index (χ2v) is 53.6. The van der Waals surface area contributed by atoms with Crippen molar-refractivity contribution in [3.63, 3.8) is 0 Å². The van der Waals surface area contributed by atoms with Crippen LogP contribution >= 0.6 is 59.4 Å². The van der Waals surface area contributed by atoms with Crippen molar-refractivity contribution in [3.05, 3.63) is 157 Å². The lowest BCUT2D eigenvalue weighted by molar-refractivity contribution is -0.0572. The Bertz CT molecular complexity index is 7180. The van der Waals surface area contributed by atoms with Crippen LogP contribution in [0.5, 0.6) is 0 Å². The number of hydrogen-bond acceptors (Lipinski definition) is 49. The van der Waals surface area contributed by atoms with E-state index in [1.807, 2.05) is 0 Å². The van der Waals surface area contributed by atoms with Crippen LogP contribution in [0.4, 0.5) is 29.1 Å². The van der Waals surface area contributed by atoms with Gasteiger partial charge in [0, 0.05) is 111 Å². The van der Waals surface area contributed by atoms with Crippen molar-refractivity contribution >= 4 is 182 Å². The molecule has 0 saturated carbocycles. The van der Waals surface area contributed by atoms with E-state index in [1.165, 1.54) is 77.5 Å². The Morgan fingerprint density at radius 3 is 0.903 bits per heavy atom. The predicted molar refractivity (Wildman–Crippen MR) is 527 cm³/mol. The van der Waals surface area contributed by atoms with Crippen molar-refractivity contribution in [2.75, 3.05) is 75.4 Å². The molecule has 9 aromatic heterocycles. The lowest BCUT2D eigenvalue weighted by Gasteiger charge is -2.28. The second kappa shape index (κ2) is 44.4. The quantitative estimate of drug-likeness (QED) is 0.0193. The number of hydrogen-bond donors (Lipinski definition) is 14. The van der Waals surface area contributed by atoms with Gasteiger partial charge in [-0.25, -0.2) is 58.4 Å². The van der Waals surface area contributed by atoms with E-state index in [1.54, 1.807) is 27.7 Å². The first-order valence-corrected chi connectivity index (χ1v) is 61.7. The van der Waals surface area contributed by atoms with Gasteiger partial charge in [-0.15, -0.1) is 0 Å². The van der Waals surface area contributed by atoms with Crippen LogP contribution in [0.15, 0.2) is 89.9 Å². The summed E-state index contributed by atoms with van der Waals surface area (Å²) >= 11 is 37.7. The number of imidazole rings is 2. The molecule has 0 radical (unpaired) electrons. The van der Waals surface area contributed by atoms with Crippen LogP contribution in [-0.2, 0) is 172 Å². The van der Waals surface area contributed by atoms with Gasteiger partial charge in [0.05, 0.1) is 95.0 Å². The lowest BCUT2D eigenvalue weighted by Crippen LogP contribution is -2.33. The van der Waals surface area contributed by atoms with Crippen molar-refractivity contribution in [2.24, 2.45) is 0 Å². The topological polar surface area (TPSA) is 764 Å². The first kappa shape index (κ1) is 110. The van der Waals surface area contributed by atoms with Crippen LogP contribution in [0, 0.1) is 34.6 Å². The number of nitrogen functional groups attached to an aromatic ring is 5. The molecule has 0 spiro atoms. The molecule has 144 heavy (non-hydrogen) atoms. The van der Waals surface area contributed by atoms with Gasteiger partial charge in [-0.1, -0.05) is 19.2 Å². The number of aryl methyl sites for hydroxylation is 5. The molecule has 72 heteroatoms. The smallest absolute Gasteiger partial charge is 0.383 e. The summed E-state index contributed by atoms with van der Waals surface area (Å²) < 4.78 is 151. The van der Waals surface area contributed by atoms with Crippen LogP contribution in [0.3, 0.4) is 0 Å². The highest BCUT2D eigenvalue weighted by Crippen LogP contribution is 2.61. The molecule has 58 nitrogen and oxygen atoms in total. The van der Waals surface area contributed by atoms with E-state index in [-0.39, 0.29) is 101 Å². The normalized spacial score (nSPS) is 29.7. The third-order valence-corrected chi connectivity index (χ3v) is 35.2. The van der Waals surface area contributed by atoms with Gasteiger partial charge in [-0.3, -0.25) is 60.6 Å². The van der Waals surface area contributed by atoms with Crippen molar-refractivity contribution in [1.82, 2.24) is 86.8 Å². The highest BCUT2D eigenvalue weighted by Gasteiger charge is 2.52. The Labute approximate surface area is 847 Å². The zero-order chi connectivity index (χ0) is 104. The summed E-state index contributed by atoms with van der Waals surface area (Å²) in [6, 6.07) is 0. The number of anilines is 5. The van der Waals surface area contributed by atoms with Gasteiger partial charge in [0.1, 0.15) is 127 Å². The number of thiol groups is 1. The van der Waals surface area contributed by atoms with Gasteiger partial charge in [-0.05, 0) is 112 Å². The molecule has 28 atom stereocenters. The summed E-state index contributed by atoms with van der Waals surface area (Å²) in [4.78, 5) is 205. The molecule has 0 amide bonds. The Morgan fingerprint density at radius 2 is 0.611 bits per heavy atom. The zero-order valence-electron chi connectivity index (χ0n) is 76.3. The minimum absolute atomic E-state index is 0.00855. The predicted octanol–water partition coefficient (Wildman–Crippen LogP) is 2.19. The van der Waals surface area contributed by atoms with E-state index in [9.17, 15) is 67.5 Å². The van der Waals surface area contributed by atoms with Crippen molar-refractivity contribution in [1.29, 1.82) is 0 Å². The SMILES string of the molecule is CC[C@H]1O[C@@H](n2cc(C)c(N)nc2=O)CC1OP(O)(=S)OC[C@H]1O[C@@H](n2cc(C)c(N)nc2=O)CC1OP(=O)(S)OC[C@H]1O[C@@H](n2cc(C)c(N)nc2=O)CC1OP(O)(=S)OC[C@H]1O[C@@H](n2cnc3c(N)ncnc32)CC1OP(O)(=S)OC[C@H]1O[C@@H](n2cc(C)c(=O)[nH]c2=O)CC1OP(O)(=S)OC[C@H]1O[C@@H](n2cc(C)c(=O)[nH]c2=O)CC1OP(O)(=S)OC[C@H]1O[C@@H](n2cnc3c(N)ncnc32)CC1OP(O)(=S)OC. The number of nitrogens with one attached hydrogen (secondary N) is 2. The molecule has 14 unspecified atom stereocenters. The molecule has 0 bridgehead atoms. The van der Waals surface area contributed by atoms with E-state index >= 15 is 0 Å².